The topological polar surface area (TPSA) is 24.9 Å². The first kappa shape index (κ1) is 62.2. The molecular formula is C90H58F6N2O2. The normalized spacial score (nSPS) is 14.7. The largest absolute Gasteiger partial charge is 0.457 e. The van der Waals surface area contributed by atoms with Crippen LogP contribution in [-0.4, -0.2) is 0 Å². The van der Waals surface area contributed by atoms with Crippen LogP contribution in [0.25, 0.3) is 45.5 Å². The summed E-state index contributed by atoms with van der Waals surface area (Å²) in [5.41, 5.74) is 14.9. The number of ether oxygens (including phenoxy) is 2. The number of nitrogens with zero attached hydrogens (tertiary/aromatic N) is 2. The van der Waals surface area contributed by atoms with Gasteiger partial charge in [0.15, 0.2) is 23.3 Å². The molecule has 2 atom stereocenters. The molecule has 16 rings (SSSR count). The summed E-state index contributed by atoms with van der Waals surface area (Å²) < 4.78 is 106. The van der Waals surface area contributed by atoms with Crippen molar-refractivity contribution in [1.29, 1.82) is 0 Å². The number of benzene rings is 14. The van der Waals surface area contributed by atoms with Crippen molar-refractivity contribution < 1.29 is 35.8 Å². The number of fused-ring (bicyclic) bond motifs is 6. The van der Waals surface area contributed by atoms with Crippen LogP contribution in [0.15, 0.2) is 329 Å². The SMILES string of the molecule is C=Cc1ccc(Oc2ccc(C3(c4cccc(F)c4)c4ccccc4-c4ccc(N(c5ccc(-c6ccc(N(c7ccc(F)c(F)c7)c7ccc8c(c7)[C@](c7ccc(Oc9ccc(C=C)cc9)cc7)(c7cccc(F)c7)c7ccccc7-8)cc6)cc5)c5ccc(F)c(F)c5)cc43)cc2)cc1. The van der Waals surface area contributed by atoms with Crippen LogP contribution in [0.5, 0.6) is 23.0 Å². The second-order valence-corrected chi connectivity index (χ2v) is 24.8. The average molecular weight is 1310 g/mol. The van der Waals surface area contributed by atoms with Crippen LogP contribution >= 0.6 is 0 Å². The minimum atomic E-state index is -1.08. The third-order valence-electron chi connectivity index (χ3n) is 19.3. The summed E-state index contributed by atoms with van der Waals surface area (Å²) in [6.07, 6.45) is 3.54. The van der Waals surface area contributed by atoms with E-state index in [9.17, 15) is 0 Å². The van der Waals surface area contributed by atoms with E-state index >= 15 is 26.3 Å². The Hall–Kier alpha value is -12.7. The molecule has 100 heavy (non-hydrogen) atoms. The molecule has 10 heteroatoms. The van der Waals surface area contributed by atoms with E-state index in [-0.39, 0.29) is 0 Å². The van der Waals surface area contributed by atoms with Crippen molar-refractivity contribution in [2.75, 3.05) is 9.80 Å². The molecule has 0 N–H and O–H groups in total. The van der Waals surface area contributed by atoms with E-state index in [1.165, 1.54) is 36.4 Å². The molecule has 0 fully saturated rings. The van der Waals surface area contributed by atoms with Crippen molar-refractivity contribution in [3.05, 3.63) is 419 Å². The molecule has 2 aliphatic rings. The van der Waals surface area contributed by atoms with Gasteiger partial charge in [-0.3, -0.25) is 0 Å². The van der Waals surface area contributed by atoms with Crippen LogP contribution in [0.1, 0.15) is 55.6 Å². The van der Waals surface area contributed by atoms with Gasteiger partial charge < -0.3 is 19.3 Å². The summed E-state index contributed by atoms with van der Waals surface area (Å²) in [6, 6.07) is 95.6. The van der Waals surface area contributed by atoms with E-state index in [0.717, 1.165) is 90.0 Å². The van der Waals surface area contributed by atoms with E-state index in [0.29, 0.717) is 68.2 Å². The fourth-order valence-corrected chi connectivity index (χ4v) is 14.7. The van der Waals surface area contributed by atoms with E-state index in [2.05, 4.69) is 49.6 Å². The van der Waals surface area contributed by atoms with E-state index < -0.39 is 45.7 Å². The predicted octanol–water partition coefficient (Wildman–Crippen LogP) is 24.7. The van der Waals surface area contributed by atoms with Gasteiger partial charge in [0.25, 0.3) is 0 Å². The van der Waals surface area contributed by atoms with Gasteiger partial charge in [-0.2, -0.15) is 0 Å². The van der Waals surface area contributed by atoms with Crippen LogP contribution in [0.3, 0.4) is 0 Å². The summed E-state index contributed by atoms with van der Waals surface area (Å²) in [7, 11) is 0. The lowest BCUT2D eigenvalue weighted by atomic mass is 9.67. The molecule has 2 aliphatic carbocycles. The Morgan fingerprint density at radius 1 is 0.260 bits per heavy atom. The average Bonchev–Trinajstić information content (AvgIpc) is 1.54. The molecule has 0 heterocycles. The lowest BCUT2D eigenvalue weighted by Crippen LogP contribution is -2.29. The van der Waals surface area contributed by atoms with E-state index in [1.54, 1.807) is 36.4 Å². The van der Waals surface area contributed by atoms with Crippen LogP contribution in [-0.2, 0) is 10.8 Å². The third kappa shape index (κ3) is 10.8. The van der Waals surface area contributed by atoms with Crippen molar-refractivity contribution >= 4 is 46.3 Å². The fourth-order valence-electron chi connectivity index (χ4n) is 14.7. The van der Waals surface area contributed by atoms with Crippen molar-refractivity contribution in [1.82, 2.24) is 0 Å². The number of anilines is 6. The second-order valence-electron chi connectivity index (χ2n) is 24.8. The molecular weight excluding hydrogens is 1250 g/mol. The number of hydrogen-bond donors (Lipinski definition) is 0. The summed E-state index contributed by atoms with van der Waals surface area (Å²) in [5.74, 6) is -2.38. The molecule has 0 aliphatic heterocycles. The zero-order valence-corrected chi connectivity index (χ0v) is 53.6. The molecule has 0 saturated heterocycles. The van der Waals surface area contributed by atoms with Gasteiger partial charge in [-0.15, -0.1) is 0 Å². The minimum Gasteiger partial charge on any atom is -0.457 e. The second kappa shape index (κ2) is 25.4. The highest BCUT2D eigenvalue weighted by atomic mass is 19.2. The molecule has 0 amide bonds. The Kier molecular flexibility index (Phi) is 15.8. The highest BCUT2D eigenvalue weighted by Crippen LogP contribution is 2.60. The molecule has 0 bridgehead atoms. The van der Waals surface area contributed by atoms with Gasteiger partial charge in [-0.1, -0.05) is 183 Å². The molecule has 482 valence electrons. The molecule has 4 nitrogen and oxygen atoms in total. The number of hydrogen-bond acceptors (Lipinski definition) is 4. The van der Waals surface area contributed by atoms with Gasteiger partial charge in [0, 0.05) is 46.3 Å². The van der Waals surface area contributed by atoms with Crippen molar-refractivity contribution in [3.63, 3.8) is 0 Å². The van der Waals surface area contributed by atoms with Crippen molar-refractivity contribution in [2.24, 2.45) is 0 Å². The Morgan fingerprint density at radius 2 is 0.590 bits per heavy atom. The smallest absolute Gasteiger partial charge is 0.160 e. The summed E-state index contributed by atoms with van der Waals surface area (Å²) in [5, 5.41) is 0. The summed E-state index contributed by atoms with van der Waals surface area (Å²) >= 11 is 0. The van der Waals surface area contributed by atoms with Gasteiger partial charge in [-0.05, 0) is 235 Å². The van der Waals surface area contributed by atoms with Gasteiger partial charge in [0.1, 0.15) is 34.6 Å². The van der Waals surface area contributed by atoms with Crippen LogP contribution in [0.4, 0.5) is 60.5 Å². The first-order valence-electron chi connectivity index (χ1n) is 32.6. The summed E-state index contributed by atoms with van der Waals surface area (Å²) in [6.45, 7) is 7.73. The first-order chi connectivity index (χ1) is 48.9. The Balaban J connectivity index is 0.776. The number of rotatable bonds is 17. The highest BCUT2D eigenvalue weighted by Gasteiger charge is 2.48. The van der Waals surface area contributed by atoms with Crippen molar-refractivity contribution in [2.45, 2.75) is 10.8 Å². The Bertz CT molecular complexity index is 5150. The van der Waals surface area contributed by atoms with Crippen LogP contribution in [0.2, 0.25) is 0 Å². The van der Waals surface area contributed by atoms with Gasteiger partial charge >= 0.3 is 0 Å². The Labute approximate surface area is 575 Å². The molecule has 14 aromatic carbocycles. The summed E-state index contributed by atoms with van der Waals surface area (Å²) in [4.78, 5) is 3.74. The van der Waals surface area contributed by atoms with E-state index in [1.807, 2.05) is 216 Å². The molecule has 0 aromatic heterocycles. The zero-order chi connectivity index (χ0) is 68.2. The molecule has 0 saturated carbocycles. The van der Waals surface area contributed by atoms with Gasteiger partial charge in [-0.25, -0.2) is 26.3 Å². The molecule has 0 spiro atoms. The fraction of sp³-hybridized carbons (Fsp3) is 0.0222. The van der Waals surface area contributed by atoms with Gasteiger partial charge in [0.2, 0.25) is 0 Å². The highest BCUT2D eigenvalue weighted by molar-refractivity contribution is 5.92. The minimum absolute atomic E-state index is 0.348. The van der Waals surface area contributed by atoms with Gasteiger partial charge in [0.05, 0.1) is 10.8 Å². The zero-order valence-electron chi connectivity index (χ0n) is 53.6. The maximum Gasteiger partial charge on any atom is 0.160 e. The maximum atomic E-state index is 15.9. The third-order valence-corrected chi connectivity index (χ3v) is 19.3. The lowest BCUT2D eigenvalue weighted by molar-refractivity contribution is 0.482. The standard InChI is InChI=1S/C90H58F6N2O2/c1-3-57-19-39-73(40-20-57)99-75-43-27-61(28-44-75)89(63-11-9-13-65(91)51-63)81-17-7-5-15-77(81)79-47-35-69(53-83(79)89)97(71-37-49-85(93)87(95)55-71)67-31-23-59(24-32-67)60-25-33-68(34-26-60)98(72-38-50-86(94)88(96)56-72)70-36-48-80-78-16-6-8-18-82(78)90(84(80)54-70,64-12-10-14-66(92)52-64)62-29-45-76(46-30-62)100-74-41-21-58(4-2)22-42-74/h3-56H,1-2H2/t89-,90?/m1/s1. The quantitative estimate of drug-likeness (QED) is 0.0849. The molecule has 14 aromatic rings. The molecule has 1 unspecified atom stereocenters. The predicted molar refractivity (Wildman–Crippen MR) is 389 cm³/mol. The van der Waals surface area contributed by atoms with E-state index in [4.69, 9.17) is 9.47 Å². The Morgan fingerprint density at radius 3 is 0.950 bits per heavy atom. The maximum absolute atomic E-state index is 15.9. The lowest BCUT2D eigenvalue weighted by Gasteiger charge is -2.35. The van der Waals surface area contributed by atoms with Crippen LogP contribution < -0.4 is 19.3 Å². The van der Waals surface area contributed by atoms with Crippen molar-refractivity contribution in [3.8, 4) is 56.4 Å². The van der Waals surface area contributed by atoms with Crippen LogP contribution in [0, 0.1) is 34.9 Å². The monoisotopic (exact) mass is 1310 g/mol. The molecule has 0 radical (unpaired) electrons. The number of halogens is 6. The first-order valence-corrected chi connectivity index (χ1v) is 32.6.